The van der Waals surface area contributed by atoms with Crippen LogP contribution >= 0.6 is 0 Å². The second-order valence-electron chi connectivity index (χ2n) is 5.48. The molecule has 1 unspecified atom stereocenters. The van der Waals surface area contributed by atoms with E-state index in [2.05, 4.69) is 5.32 Å². The van der Waals surface area contributed by atoms with Crippen LogP contribution in [-0.2, 0) is 19.2 Å². The lowest BCUT2D eigenvalue weighted by Gasteiger charge is -2.32. The van der Waals surface area contributed by atoms with Crippen molar-refractivity contribution in [3.8, 4) is 0 Å². The molecule has 7 nitrogen and oxygen atoms in total. The van der Waals surface area contributed by atoms with Gasteiger partial charge in [0.25, 0.3) is 0 Å². The first-order valence-corrected chi connectivity index (χ1v) is 7.67. The summed E-state index contributed by atoms with van der Waals surface area (Å²) in [6, 6.07) is 0. The normalized spacial score (nSPS) is 23.9. The molecule has 2 rings (SSSR count). The minimum Gasteiger partial charge on any atom is -0.373 e. The molecule has 0 radical (unpaired) electrons. The van der Waals surface area contributed by atoms with Crippen LogP contribution in [0.5, 0.6) is 0 Å². The average molecular weight is 299 g/mol. The van der Waals surface area contributed by atoms with Gasteiger partial charge in [0.05, 0.1) is 19.3 Å². The summed E-state index contributed by atoms with van der Waals surface area (Å²) in [4.78, 5) is 30.3. The van der Waals surface area contributed by atoms with Gasteiger partial charge in [0.1, 0.15) is 0 Å². The summed E-state index contributed by atoms with van der Waals surface area (Å²) < 4.78 is 5.56. The smallest absolute Gasteiger partial charge is 0.221 e. The number of carbonyl (C=O) groups is 2. The van der Waals surface area contributed by atoms with E-state index in [4.69, 9.17) is 9.57 Å². The van der Waals surface area contributed by atoms with E-state index >= 15 is 0 Å². The predicted molar refractivity (Wildman–Crippen MR) is 76.4 cm³/mol. The van der Waals surface area contributed by atoms with Crippen LogP contribution < -0.4 is 5.32 Å². The van der Waals surface area contributed by atoms with Crippen molar-refractivity contribution in [1.29, 1.82) is 0 Å². The molecule has 120 valence electrons. The molecule has 0 aromatic rings. The fourth-order valence-corrected chi connectivity index (χ4v) is 2.50. The van der Waals surface area contributed by atoms with Crippen LogP contribution in [0.4, 0.5) is 0 Å². The molecule has 0 spiro atoms. The molecule has 2 aliphatic rings. The molecule has 21 heavy (non-hydrogen) atoms. The Labute approximate surface area is 125 Å². The molecule has 2 fully saturated rings. The van der Waals surface area contributed by atoms with Crippen LogP contribution in [0.25, 0.3) is 0 Å². The van der Waals surface area contributed by atoms with Gasteiger partial charge in [0, 0.05) is 46.1 Å². The van der Waals surface area contributed by atoms with E-state index < -0.39 is 0 Å². The van der Waals surface area contributed by atoms with Crippen LogP contribution in [0.1, 0.15) is 26.2 Å². The van der Waals surface area contributed by atoms with Crippen molar-refractivity contribution >= 4 is 11.8 Å². The second-order valence-corrected chi connectivity index (χ2v) is 5.48. The molecule has 0 saturated carbocycles. The Bertz CT molecular complexity index is 358. The average Bonchev–Trinajstić information content (AvgIpc) is 2.52. The Hall–Kier alpha value is -1.18. The number of amides is 2. The van der Waals surface area contributed by atoms with Crippen molar-refractivity contribution in [2.45, 2.75) is 32.3 Å². The van der Waals surface area contributed by atoms with Crippen molar-refractivity contribution in [2.24, 2.45) is 0 Å². The Morgan fingerprint density at radius 1 is 1.24 bits per heavy atom. The number of hydrogen-bond donors (Lipinski definition) is 1. The summed E-state index contributed by atoms with van der Waals surface area (Å²) in [5, 5.41) is 4.73. The Morgan fingerprint density at radius 3 is 2.81 bits per heavy atom. The molecule has 0 aromatic carbocycles. The molecular formula is C14H25N3O4. The third-order valence-electron chi connectivity index (χ3n) is 3.77. The minimum absolute atomic E-state index is 0.00674. The molecule has 2 aliphatic heterocycles. The molecule has 2 heterocycles. The number of nitrogens with one attached hydrogen (secondary N) is 1. The number of rotatable bonds is 5. The zero-order valence-corrected chi connectivity index (χ0v) is 12.7. The van der Waals surface area contributed by atoms with E-state index in [9.17, 15) is 9.59 Å². The fraction of sp³-hybridized carbons (Fsp3) is 0.857. The summed E-state index contributed by atoms with van der Waals surface area (Å²) >= 11 is 0. The van der Waals surface area contributed by atoms with Crippen molar-refractivity contribution in [3.05, 3.63) is 0 Å². The van der Waals surface area contributed by atoms with Crippen LogP contribution in [0.2, 0.25) is 0 Å². The first kappa shape index (κ1) is 16.2. The maximum atomic E-state index is 11.8. The molecular weight excluding hydrogens is 274 g/mol. The highest BCUT2D eigenvalue weighted by molar-refractivity contribution is 5.76. The summed E-state index contributed by atoms with van der Waals surface area (Å²) in [5.41, 5.74) is 0. The third-order valence-corrected chi connectivity index (χ3v) is 3.77. The summed E-state index contributed by atoms with van der Waals surface area (Å²) in [6.45, 7) is 5.98. The monoisotopic (exact) mass is 299 g/mol. The first-order chi connectivity index (χ1) is 10.1. The quantitative estimate of drug-likeness (QED) is 0.759. The standard InChI is InChI=1S/C14H25N3O4/c1-12(18)16-7-9-20-13(11-16)10-15-14(19)4-6-17-5-2-3-8-21-17/h13H,2-11H2,1H3,(H,15,19). The van der Waals surface area contributed by atoms with Gasteiger partial charge in [-0.3, -0.25) is 14.4 Å². The minimum atomic E-state index is -0.113. The number of hydrogen-bond acceptors (Lipinski definition) is 5. The lowest BCUT2D eigenvalue weighted by molar-refractivity contribution is -0.181. The molecule has 0 aromatic heterocycles. The maximum Gasteiger partial charge on any atom is 0.221 e. The fourth-order valence-electron chi connectivity index (χ4n) is 2.50. The van der Waals surface area contributed by atoms with Gasteiger partial charge in [-0.2, -0.15) is 5.06 Å². The molecule has 1 atom stereocenters. The maximum absolute atomic E-state index is 11.8. The van der Waals surface area contributed by atoms with Gasteiger partial charge in [-0.1, -0.05) is 0 Å². The molecule has 0 bridgehead atoms. The molecule has 0 aliphatic carbocycles. The van der Waals surface area contributed by atoms with E-state index in [1.54, 1.807) is 11.8 Å². The zero-order valence-electron chi connectivity index (χ0n) is 12.7. The van der Waals surface area contributed by atoms with Crippen molar-refractivity contribution in [2.75, 3.05) is 45.9 Å². The molecule has 7 heteroatoms. The van der Waals surface area contributed by atoms with E-state index in [1.165, 1.54) is 0 Å². The number of hydroxylamine groups is 2. The number of carbonyl (C=O) groups excluding carboxylic acids is 2. The van der Waals surface area contributed by atoms with Gasteiger partial charge < -0.3 is 15.0 Å². The largest absolute Gasteiger partial charge is 0.373 e. The Balaban J connectivity index is 1.60. The zero-order chi connectivity index (χ0) is 15.1. The number of morpholine rings is 1. The lowest BCUT2D eigenvalue weighted by atomic mass is 10.2. The third kappa shape index (κ3) is 5.61. The first-order valence-electron chi connectivity index (χ1n) is 7.67. The topological polar surface area (TPSA) is 71.1 Å². The second kappa shape index (κ2) is 8.31. The summed E-state index contributed by atoms with van der Waals surface area (Å²) in [7, 11) is 0. The van der Waals surface area contributed by atoms with Crippen LogP contribution in [0.15, 0.2) is 0 Å². The van der Waals surface area contributed by atoms with E-state index in [0.29, 0.717) is 39.2 Å². The van der Waals surface area contributed by atoms with Crippen LogP contribution in [0.3, 0.4) is 0 Å². The van der Waals surface area contributed by atoms with Gasteiger partial charge in [0.15, 0.2) is 0 Å². The lowest BCUT2D eigenvalue weighted by Crippen LogP contribution is -2.49. The molecule has 2 saturated heterocycles. The van der Waals surface area contributed by atoms with Crippen LogP contribution in [-0.4, -0.2) is 73.8 Å². The Morgan fingerprint density at radius 2 is 2.10 bits per heavy atom. The highest BCUT2D eigenvalue weighted by atomic mass is 16.7. The van der Waals surface area contributed by atoms with E-state index in [0.717, 1.165) is 26.0 Å². The number of nitrogens with zero attached hydrogens (tertiary/aromatic N) is 2. The summed E-state index contributed by atoms with van der Waals surface area (Å²) in [6.07, 6.45) is 2.52. The van der Waals surface area contributed by atoms with Crippen molar-refractivity contribution in [3.63, 3.8) is 0 Å². The summed E-state index contributed by atoms with van der Waals surface area (Å²) in [5.74, 6) is 0.0459. The van der Waals surface area contributed by atoms with Crippen molar-refractivity contribution in [1.82, 2.24) is 15.3 Å². The van der Waals surface area contributed by atoms with Gasteiger partial charge in [-0.15, -0.1) is 0 Å². The van der Waals surface area contributed by atoms with Gasteiger partial charge in [-0.05, 0) is 12.8 Å². The molecule has 1 N–H and O–H groups in total. The van der Waals surface area contributed by atoms with E-state index in [-0.39, 0.29) is 17.9 Å². The van der Waals surface area contributed by atoms with Gasteiger partial charge >= 0.3 is 0 Å². The van der Waals surface area contributed by atoms with Crippen molar-refractivity contribution < 1.29 is 19.2 Å². The molecule has 2 amide bonds. The highest BCUT2D eigenvalue weighted by Gasteiger charge is 2.22. The van der Waals surface area contributed by atoms with Gasteiger partial charge in [-0.25, -0.2) is 0 Å². The Kier molecular flexibility index (Phi) is 6.41. The predicted octanol–water partition coefficient (Wildman–Crippen LogP) is -0.233. The van der Waals surface area contributed by atoms with E-state index in [1.807, 2.05) is 5.06 Å². The van der Waals surface area contributed by atoms with Gasteiger partial charge in [0.2, 0.25) is 11.8 Å². The number of ether oxygens (including phenoxy) is 1. The SMILES string of the molecule is CC(=O)N1CCOC(CNC(=O)CCN2CCCCO2)C1. The highest BCUT2D eigenvalue weighted by Crippen LogP contribution is 2.07. The van der Waals surface area contributed by atoms with Crippen LogP contribution in [0, 0.1) is 0 Å².